The van der Waals surface area contributed by atoms with Crippen LogP contribution >= 0.6 is 23.4 Å². The molecule has 2 amide bonds. The molecule has 0 heterocycles. The van der Waals surface area contributed by atoms with Crippen molar-refractivity contribution in [1.82, 2.24) is 0 Å². The molecule has 0 aliphatic rings. The van der Waals surface area contributed by atoms with E-state index in [1.807, 2.05) is 6.92 Å². The highest BCUT2D eigenvalue weighted by atomic mass is 35.5. The third-order valence-corrected chi connectivity index (χ3v) is 6.26. The number of hydrogen-bond donors (Lipinski definition) is 2. The maximum absolute atomic E-state index is 13.5. The lowest BCUT2D eigenvalue weighted by atomic mass is 10.1. The van der Waals surface area contributed by atoms with Crippen molar-refractivity contribution in [2.24, 2.45) is 0 Å². The highest BCUT2D eigenvalue weighted by Crippen LogP contribution is 2.40. The van der Waals surface area contributed by atoms with Crippen molar-refractivity contribution in [3.05, 3.63) is 88.9 Å². The van der Waals surface area contributed by atoms with Crippen molar-refractivity contribution >= 4 is 46.6 Å². The van der Waals surface area contributed by atoms with Gasteiger partial charge in [0.1, 0.15) is 5.25 Å². The monoisotopic (exact) mass is 506 g/mol. The highest BCUT2D eigenvalue weighted by molar-refractivity contribution is 8.00. The fourth-order valence-electron chi connectivity index (χ4n) is 3.16. The predicted octanol–water partition coefficient (Wildman–Crippen LogP) is 7.57. The number of benzene rings is 3. The second kappa shape index (κ2) is 11.4. The molecule has 2 N–H and O–H groups in total. The van der Waals surface area contributed by atoms with Crippen LogP contribution in [0.15, 0.2) is 77.7 Å². The number of halogens is 4. The van der Waals surface area contributed by atoms with Gasteiger partial charge in [0, 0.05) is 22.0 Å². The van der Waals surface area contributed by atoms with Crippen LogP contribution in [-0.4, -0.2) is 11.8 Å². The summed E-state index contributed by atoms with van der Waals surface area (Å²) in [6, 6.07) is 18.9. The quantitative estimate of drug-likeness (QED) is 0.310. The lowest BCUT2D eigenvalue weighted by molar-refractivity contribution is -0.137. The smallest absolute Gasteiger partial charge is 0.326 e. The van der Waals surface area contributed by atoms with Crippen LogP contribution in [0.5, 0.6) is 0 Å². The van der Waals surface area contributed by atoms with E-state index in [4.69, 9.17) is 11.6 Å². The van der Waals surface area contributed by atoms with Crippen molar-refractivity contribution in [2.45, 2.75) is 36.1 Å². The third kappa shape index (κ3) is 7.01. The molecule has 0 radical (unpaired) electrons. The summed E-state index contributed by atoms with van der Waals surface area (Å²) >= 11 is 6.94. The first-order valence-corrected chi connectivity index (χ1v) is 11.7. The van der Waals surface area contributed by atoms with E-state index >= 15 is 0 Å². The van der Waals surface area contributed by atoms with Gasteiger partial charge in [-0.05, 0) is 54.4 Å². The van der Waals surface area contributed by atoms with Gasteiger partial charge in [-0.2, -0.15) is 13.2 Å². The number of alkyl halides is 3. The third-order valence-electron chi connectivity index (χ3n) is 4.75. The van der Waals surface area contributed by atoms with Crippen molar-refractivity contribution in [3.63, 3.8) is 0 Å². The topological polar surface area (TPSA) is 58.2 Å². The Morgan fingerprint density at radius 1 is 0.971 bits per heavy atom. The largest absolute Gasteiger partial charge is 0.418 e. The molecule has 34 heavy (non-hydrogen) atoms. The zero-order chi connectivity index (χ0) is 24.7. The first-order valence-electron chi connectivity index (χ1n) is 10.5. The standard InChI is InChI=1S/C25H22ClF3N2O2S/c1-2-6-22(32)30-18-10-12-19(13-11-18)34-23(16-7-4-3-5-8-16)24(33)31-21-14-9-17(26)15-20(21)25(27,28)29/h3-5,7-15,23H,2,6H2,1H3,(H,30,32)(H,31,33). The van der Waals surface area contributed by atoms with Crippen molar-refractivity contribution < 1.29 is 22.8 Å². The first kappa shape index (κ1) is 25.6. The van der Waals surface area contributed by atoms with Crippen LogP contribution in [0.1, 0.15) is 36.1 Å². The zero-order valence-electron chi connectivity index (χ0n) is 18.2. The van der Waals surface area contributed by atoms with Gasteiger partial charge >= 0.3 is 6.18 Å². The molecule has 0 saturated carbocycles. The maximum atomic E-state index is 13.5. The van der Waals surface area contributed by atoms with E-state index < -0.39 is 22.9 Å². The van der Waals surface area contributed by atoms with Crippen molar-refractivity contribution in [1.29, 1.82) is 0 Å². The number of hydrogen-bond acceptors (Lipinski definition) is 3. The Bertz CT molecular complexity index is 1140. The molecule has 0 aromatic heterocycles. The van der Waals surface area contributed by atoms with E-state index in [1.54, 1.807) is 54.6 Å². The van der Waals surface area contributed by atoms with Gasteiger partial charge in [0.15, 0.2) is 0 Å². The molecule has 0 aliphatic heterocycles. The second-order valence-corrected chi connectivity index (χ2v) is 9.02. The minimum absolute atomic E-state index is 0.0783. The van der Waals surface area contributed by atoms with Gasteiger partial charge in [-0.25, -0.2) is 0 Å². The molecular weight excluding hydrogens is 485 g/mol. The molecule has 0 bridgehead atoms. The molecular formula is C25H22ClF3N2O2S. The van der Waals surface area contributed by atoms with Crippen LogP contribution in [0.25, 0.3) is 0 Å². The number of carbonyl (C=O) groups excluding carboxylic acids is 2. The summed E-state index contributed by atoms with van der Waals surface area (Å²) in [7, 11) is 0. The van der Waals surface area contributed by atoms with E-state index in [1.165, 1.54) is 17.8 Å². The number of nitrogens with one attached hydrogen (secondary N) is 2. The number of amides is 2. The molecule has 0 spiro atoms. The molecule has 1 atom stereocenters. The van der Waals surface area contributed by atoms with Crippen LogP contribution in [0.2, 0.25) is 5.02 Å². The Morgan fingerprint density at radius 2 is 1.65 bits per heavy atom. The summed E-state index contributed by atoms with van der Waals surface area (Å²) in [5, 5.41) is 4.31. The predicted molar refractivity (Wildman–Crippen MR) is 130 cm³/mol. The fourth-order valence-corrected chi connectivity index (χ4v) is 4.36. The molecule has 3 aromatic rings. The summed E-state index contributed by atoms with van der Waals surface area (Å²) in [6.07, 6.45) is -3.53. The Morgan fingerprint density at radius 3 is 2.26 bits per heavy atom. The van der Waals surface area contributed by atoms with Crippen molar-refractivity contribution in [3.8, 4) is 0 Å². The van der Waals surface area contributed by atoms with Crippen LogP contribution in [-0.2, 0) is 15.8 Å². The molecule has 3 rings (SSSR count). The van der Waals surface area contributed by atoms with Crippen LogP contribution in [0, 0.1) is 0 Å². The number of anilines is 2. The Balaban J connectivity index is 1.84. The van der Waals surface area contributed by atoms with Crippen molar-refractivity contribution in [2.75, 3.05) is 10.6 Å². The van der Waals surface area contributed by atoms with E-state index in [2.05, 4.69) is 10.6 Å². The van der Waals surface area contributed by atoms with Gasteiger partial charge < -0.3 is 10.6 Å². The second-order valence-electron chi connectivity index (χ2n) is 7.41. The summed E-state index contributed by atoms with van der Waals surface area (Å²) in [5.74, 6) is -0.697. The lowest BCUT2D eigenvalue weighted by Gasteiger charge is -2.19. The first-order chi connectivity index (χ1) is 16.2. The van der Waals surface area contributed by atoms with Gasteiger partial charge in [-0.3, -0.25) is 9.59 Å². The van der Waals surface area contributed by atoms with Crippen LogP contribution in [0.3, 0.4) is 0 Å². The van der Waals surface area contributed by atoms with Gasteiger partial charge in [0.2, 0.25) is 11.8 Å². The molecule has 0 saturated heterocycles. The zero-order valence-corrected chi connectivity index (χ0v) is 19.7. The Labute approximate surface area is 204 Å². The average Bonchev–Trinajstić information content (AvgIpc) is 2.79. The molecule has 1 unspecified atom stereocenters. The molecule has 0 fully saturated rings. The lowest BCUT2D eigenvalue weighted by Crippen LogP contribution is -2.21. The number of thioether (sulfide) groups is 1. The van der Waals surface area contributed by atoms with E-state index in [0.29, 0.717) is 22.6 Å². The van der Waals surface area contributed by atoms with E-state index in [9.17, 15) is 22.8 Å². The van der Waals surface area contributed by atoms with E-state index in [0.717, 1.165) is 18.6 Å². The minimum atomic E-state index is -4.68. The molecule has 178 valence electrons. The van der Waals surface area contributed by atoms with Crippen LogP contribution in [0.4, 0.5) is 24.5 Å². The summed E-state index contributed by atoms with van der Waals surface area (Å²) < 4.78 is 40.4. The van der Waals surface area contributed by atoms with Gasteiger partial charge in [-0.1, -0.05) is 48.9 Å². The number of rotatable bonds is 8. The summed E-state index contributed by atoms with van der Waals surface area (Å²) in [5.41, 5.74) is -0.123. The van der Waals surface area contributed by atoms with Gasteiger partial charge in [-0.15, -0.1) is 11.8 Å². The normalized spacial score (nSPS) is 12.1. The van der Waals surface area contributed by atoms with Gasteiger partial charge in [0.25, 0.3) is 0 Å². The summed E-state index contributed by atoms with van der Waals surface area (Å²) in [4.78, 5) is 25.7. The Hall–Kier alpha value is -2.97. The molecule has 3 aromatic carbocycles. The van der Waals surface area contributed by atoms with Crippen LogP contribution < -0.4 is 10.6 Å². The molecule has 0 aliphatic carbocycles. The van der Waals surface area contributed by atoms with Gasteiger partial charge in [0.05, 0.1) is 11.3 Å². The fraction of sp³-hybridized carbons (Fsp3) is 0.200. The average molecular weight is 507 g/mol. The highest BCUT2D eigenvalue weighted by Gasteiger charge is 2.35. The van der Waals surface area contributed by atoms with E-state index in [-0.39, 0.29) is 16.6 Å². The summed E-state index contributed by atoms with van der Waals surface area (Å²) in [6.45, 7) is 1.91. The Kier molecular flexibility index (Phi) is 8.63. The minimum Gasteiger partial charge on any atom is -0.326 e. The maximum Gasteiger partial charge on any atom is 0.418 e. The SMILES string of the molecule is CCCC(=O)Nc1ccc(SC(C(=O)Nc2ccc(Cl)cc2C(F)(F)F)c2ccccc2)cc1. The molecule has 4 nitrogen and oxygen atoms in total. The molecule has 9 heteroatoms. The number of carbonyl (C=O) groups is 2.